The Kier molecular flexibility index (Phi) is 4.11. The van der Waals surface area contributed by atoms with Crippen LogP contribution in [0.25, 0.3) is 11.3 Å². The maximum atomic E-state index is 11.3. The van der Waals surface area contributed by atoms with Crippen LogP contribution in [0.5, 0.6) is 5.75 Å². The van der Waals surface area contributed by atoms with E-state index in [1.807, 2.05) is 29.6 Å². The number of amides is 1. The second kappa shape index (κ2) is 5.98. The van der Waals surface area contributed by atoms with E-state index in [2.05, 4.69) is 10.3 Å². The summed E-state index contributed by atoms with van der Waals surface area (Å²) >= 11 is 1.31. The van der Waals surface area contributed by atoms with Crippen molar-refractivity contribution in [3.05, 3.63) is 29.6 Å². The Morgan fingerprint density at radius 1 is 1.53 bits per heavy atom. The number of aromatic nitrogens is 1. The quantitative estimate of drug-likeness (QED) is 0.929. The number of thiazole rings is 1. The fourth-order valence-corrected chi connectivity index (χ4v) is 2.27. The SMILES string of the molecule is COc1ccccc1-c1csc(NC(=O)CC#N)n1. The van der Waals surface area contributed by atoms with Crippen LogP contribution in [0.2, 0.25) is 0 Å². The van der Waals surface area contributed by atoms with Gasteiger partial charge >= 0.3 is 0 Å². The standard InChI is InChI=1S/C13H11N3O2S/c1-18-11-5-3-2-4-9(11)10-8-19-13(15-10)16-12(17)6-7-14/h2-5,8H,6H2,1H3,(H,15,16,17). The zero-order valence-electron chi connectivity index (χ0n) is 10.2. The lowest BCUT2D eigenvalue weighted by Gasteiger charge is -2.04. The predicted octanol–water partition coefficient (Wildman–Crippen LogP) is 2.67. The molecule has 0 fully saturated rings. The fraction of sp³-hybridized carbons (Fsp3) is 0.154. The van der Waals surface area contributed by atoms with Crippen LogP contribution in [0.15, 0.2) is 29.6 Å². The number of nitrogens with one attached hydrogen (secondary N) is 1. The summed E-state index contributed by atoms with van der Waals surface area (Å²) in [6.07, 6.45) is -0.177. The van der Waals surface area contributed by atoms with Crippen LogP contribution in [0, 0.1) is 11.3 Å². The van der Waals surface area contributed by atoms with Crippen molar-refractivity contribution in [2.24, 2.45) is 0 Å². The van der Waals surface area contributed by atoms with Gasteiger partial charge in [-0.2, -0.15) is 5.26 Å². The minimum absolute atomic E-state index is 0.177. The molecule has 0 aliphatic heterocycles. The number of hydrogen-bond donors (Lipinski definition) is 1. The topological polar surface area (TPSA) is 75.0 Å². The van der Waals surface area contributed by atoms with Crippen LogP contribution in [-0.4, -0.2) is 18.0 Å². The lowest BCUT2D eigenvalue weighted by atomic mass is 10.1. The molecule has 19 heavy (non-hydrogen) atoms. The molecule has 0 aliphatic rings. The Morgan fingerprint density at radius 2 is 2.32 bits per heavy atom. The van der Waals surface area contributed by atoms with Gasteiger partial charge in [-0.3, -0.25) is 4.79 Å². The number of carbonyl (C=O) groups is 1. The highest BCUT2D eigenvalue weighted by Gasteiger charge is 2.10. The molecular formula is C13H11N3O2S. The molecule has 0 unspecified atom stereocenters. The molecule has 0 saturated heterocycles. The Balaban J connectivity index is 2.21. The van der Waals surface area contributed by atoms with Gasteiger partial charge in [0.25, 0.3) is 0 Å². The van der Waals surface area contributed by atoms with E-state index in [0.29, 0.717) is 5.13 Å². The van der Waals surface area contributed by atoms with Crippen molar-refractivity contribution in [1.82, 2.24) is 4.98 Å². The number of rotatable bonds is 4. The molecule has 1 amide bonds. The van der Waals surface area contributed by atoms with E-state index in [1.165, 1.54) is 11.3 Å². The molecule has 0 saturated carbocycles. The number of nitriles is 1. The van der Waals surface area contributed by atoms with Gasteiger partial charge in [0.15, 0.2) is 5.13 Å². The van der Waals surface area contributed by atoms with Gasteiger partial charge in [-0.25, -0.2) is 4.98 Å². The summed E-state index contributed by atoms with van der Waals surface area (Å²) < 4.78 is 5.26. The van der Waals surface area contributed by atoms with Crippen LogP contribution in [0.3, 0.4) is 0 Å². The van der Waals surface area contributed by atoms with Crippen LogP contribution in [-0.2, 0) is 4.79 Å². The number of methoxy groups -OCH3 is 1. The molecule has 6 heteroatoms. The van der Waals surface area contributed by atoms with E-state index < -0.39 is 0 Å². The Morgan fingerprint density at radius 3 is 3.05 bits per heavy atom. The van der Waals surface area contributed by atoms with Crippen LogP contribution in [0.1, 0.15) is 6.42 Å². The van der Waals surface area contributed by atoms with Crippen molar-refractivity contribution < 1.29 is 9.53 Å². The molecule has 1 N–H and O–H groups in total. The number of hydrogen-bond acceptors (Lipinski definition) is 5. The molecule has 1 heterocycles. The number of nitrogens with zero attached hydrogens (tertiary/aromatic N) is 2. The van der Waals surface area contributed by atoms with Crippen molar-refractivity contribution in [3.63, 3.8) is 0 Å². The molecular weight excluding hydrogens is 262 g/mol. The minimum Gasteiger partial charge on any atom is -0.496 e. The average Bonchev–Trinajstić information content (AvgIpc) is 2.87. The second-order valence-corrected chi connectivity index (χ2v) is 4.48. The van der Waals surface area contributed by atoms with Crippen molar-refractivity contribution in [3.8, 4) is 23.1 Å². The highest BCUT2D eigenvalue weighted by atomic mass is 32.1. The zero-order valence-corrected chi connectivity index (χ0v) is 11.0. The van der Waals surface area contributed by atoms with Crippen LogP contribution < -0.4 is 10.1 Å². The van der Waals surface area contributed by atoms with Gasteiger partial charge < -0.3 is 10.1 Å². The van der Waals surface area contributed by atoms with E-state index in [-0.39, 0.29) is 12.3 Å². The highest BCUT2D eigenvalue weighted by Crippen LogP contribution is 2.31. The van der Waals surface area contributed by atoms with E-state index in [9.17, 15) is 4.79 Å². The Hall–Kier alpha value is -2.39. The van der Waals surface area contributed by atoms with E-state index in [4.69, 9.17) is 10.00 Å². The van der Waals surface area contributed by atoms with Crippen LogP contribution >= 0.6 is 11.3 Å². The van der Waals surface area contributed by atoms with Gasteiger partial charge in [-0.15, -0.1) is 11.3 Å². The zero-order chi connectivity index (χ0) is 13.7. The molecule has 0 aliphatic carbocycles. The first-order valence-corrected chi connectivity index (χ1v) is 6.38. The molecule has 0 spiro atoms. The summed E-state index contributed by atoms with van der Waals surface area (Å²) in [5.41, 5.74) is 1.59. The summed E-state index contributed by atoms with van der Waals surface area (Å²) in [7, 11) is 1.60. The summed E-state index contributed by atoms with van der Waals surface area (Å²) in [5, 5.41) is 13.3. The normalized spacial score (nSPS) is 9.68. The second-order valence-electron chi connectivity index (χ2n) is 3.62. The molecule has 2 rings (SSSR count). The van der Waals surface area contributed by atoms with Crippen molar-refractivity contribution in [2.45, 2.75) is 6.42 Å². The highest BCUT2D eigenvalue weighted by molar-refractivity contribution is 7.14. The molecule has 1 aromatic heterocycles. The fourth-order valence-electron chi connectivity index (χ4n) is 1.55. The Labute approximate surface area is 114 Å². The minimum atomic E-state index is -0.358. The third kappa shape index (κ3) is 3.09. The van der Waals surface area contributed by atoms with Gasteiger partial charge in [0.1, 0.15) is 12.2 Å². The van der Waals surface area contributed by atoms with Gasteiger partial charge in [0.05, 0.1) is 18.9 Å². The lowest BCUT2D eigenvalue weighted by molar-refractivity contribution is -0.115. The number of anilines is 1. The summed E-state index contributed by atoms with van der Waals surface area (Å²) in [4.78, 5) is 15.6. The smallest absolute Gasteiger partial charge is 0.240 e. The molecule has 5 nitrogen and oxygen atoms in total. The summed E-state index contributed by atoms with van der Waals surface area (Å²) in [6, 6.07) is 9.31. The first-order valence-electron chi connectivity index (χ1n) is 5.50. The van der Waals surface area contributed by atoms with Crippen LogP contribution in [0.4, 0.5) is 5.13 Å². The third-order valence-electron chi connectivity index (χ3n) is 2.37. The van der Waals surface area contributed by atoms with Gasteiger partial charge in [0.2, 0.25) is 5.91 Å². The van der Waals surface area contributed by atoms with E-state index in [0.717, 1.165) is 17.0 Å². The molecule has 2 aromatic rings. The largest absolute Gasteiger partial charge is 0.496 e. The van der Waals surface area contributed by atoms with Gasteiger partial charge in [0, 0.05) is 10.9 Å². The maximum Gasteiger partial charge on any atom is 0.240 e. The summed E-state index contributed by atoms with van der Waals surface area (Å²) in [5.74, 6) is 0.367. The first-order chi connectivity index (χ1) is 9.24. The number of ether oxygens (including phenoxy) is 1. The lowest BCUT2D eigenvalue weighted by Crippen LogP contribution is -2.09. The third-order valence-corrected chi connectivity index (χ3v) is 3.13. The molecule has 0 bridgehead atoms. The predicted molar refractivity (Wildman–Crippen MR) is 73.0 cm³/mol. The number of carbonyl (C=O) groups excluding carboxylic acids is 1. The average molecular weight is 273 g/mol. The molecule has 0 atom stereocenters. The monoisotopic (exact) mass is 273 g/mol. The van der Waals surface area contributed by atoms with E-state index >= 15 is 0 Å². The maximum absolute atomic E-state index is 11.3. The van der Waals surface area contributed by atoms with Gasteiger partial charge in [-0.1, -0.05) is 12.1 Å². The van der Waals surface area contributed by atoms with Crippen molar-refractivity contribution >= 4 is 22.4 Å². The van der Waals surface area contributed by atoms with Crippen molar-refractivity contribution in [1.29, 1.82) is 5.26 Å². The first kappa shape index (κ1) is 13.1. The van der Waals surface area contributed by atoms with Gasteiger partial charge in [-0.05, 0) is 12.1 Å². The molecule has 1 aromatic carbocycles. The Bertz CT molecular complexity index is 631. The van der Waals surface area contributed by atoms with Crippen molar-refractivity contribution in [2.75, 3.05) is 12.4 Å². The number of benzene rings is 1. The molecule has 96 valence electrons. The number of para-hydroxylation sites is 1. The summed E-state index contributed by atoms with van der Waals surface area (Å²) in [6.45, 7) is 0. The molecule has 0 radical (unpaired) electrons. The van der Waals surface area contributed by atoms with E-state index in [1.54, 1.807) is 13.2 Å².